The Bertz CT molecular complexity index is 351. The van der Waals surface area contributed by atoms with Crippen molar-refractivity contribution < 1.29 is 4.79 Å². The maximum absolute atomic E-state index is 11.7. The number of pyridine rings is 1. The van der Waals surface area contributed by atoms with E-state index in [1.807, 2.05) is 0 Å². The van der Waals surface area contributed by atoms with Gasteiger partial charge in [-0.05, 0) is 18.6 Å². The fourth-order valence-corrected chi connectivity index (χ4v) is 1.83. The van der Waals surface area contributed by atoms with E-state index in [9.17, 15) is 4.79 Å². The van der Waals surface area contributed by atoms with Crippen LogP contribution in [0.5, 0.6) is 0 Å². The number of nitrogens with zero attached hydrogens (tertiary/aromatic N) is 1. The van der Waals surface area contributed by atoms with Crippen LogP contribution in [-0.4, -0.2) is 17.4 Å². The molecule has 3 nitrogen and oxygen atoms in total. The van der Waals surface area contributed by atoms with Gasteiger partial charge >= 0.3 is 0 Å². The smallest absolute Gasteiger partial charge is 0.252 e. The summed E-state index contributed by atoms with van der Waals surface area (Å²) in [7, 11) is 0. The first kappa shape index (κ1) is 15.0. The molecule has 100 valence electrons. The van der Waals surface area contributed by atoms with Gasteiger partial charge in [-0.15, -0.1) is 0 Å². The van der Waals surface area contributed by atoms with E-state index >= 15 is 0 Å². The van der Waals surface area contributed by atoms with E-state index in [-0.39, 0.29) is 5.91 Å². The molecule has 0 aliphatic carbocycles. The molecule has 0 spiro atoms. The van der Waals surface area contributed by atoms with Gasteiger partial charge in [-0.2, -0.15) is 0 Å². The number of hydrogen-bond donors (Lipinski definition) is 1. The molecule has 0 saturated heterocycles. The molecule has 0 fully saturated rings. The molecule has 1 aromatic rings. The third-order valence-electron chi connectivity index (χ3n) is 2.81. The molecule has 0 aromatic carbocycles. The summed E-state index contributed by atoms with van der Waals surface area (Å²) in [4.78, 5) is 15.6. The monoisotopic (exact) mass is 268 g/mol. The highest BCUT2D eigenvalue weighted by molar-refractivity contribution is 6.29. The second kappa shape index (κ2) is 8.92. The van der Waals surface area contributed by atoms with Crippen molar-refractivity contribution >= 4 is 17.5 Å². The van der Waals surface area contributed by atoms with Gasteiger partial charge in [0.2, 0.25) is 0 Å². The minimum absolute atomic E-state index is 0.0762. The average molecular weight is 269 g/mol. The summed E-state index contributed by atoms with van der Waals surface area (Å²) in [6.07, 6.45) is 8.84. The quantitative estimate of drug-likeness (QED) is 0.575. The minimum atomic E-state index is -0.0762. The summed E-state index contributed by atoms with van der Waals surface area (Å²) in [6, 6.07) is 3.31. The number of carbonyl (C=O) groups is 1. The zero-order valence-corrected chi connectivity index (χ0v) is 11.7. The highest BCUT2D eigenvalue weighted by Crippen LogP contribution is 2.06. The Morgan fingerprint density at radius 1 is 1.22 bits per heavy atom. The van der Waals surface area contributed by atoms with E-state index in [0.717, 1.165) is 13.0 Å². The molecule has 1 heterocycles. The summed E-state index contributed by atoms with van der Waals surface area (Å²) in [5.41, 5.74) is 0.561. The molecule has 0 bridgehead atoms. The molecular weight excluding hydrogens is 248 g/mol. The van der Waals surface area contributed by atoms with Crippen LogP contribution in [0, 0.1) is 0 Å². The highest BCUT2D eigenvalue weighted by Gasteiger charge is 2.04. The number of rotatable bonds is 8. The number of nitrogens with one attached hydrogen (secondary N) is 1. The van der Waals surface area contributed by atoms with Gasteiger partial charge in [0.25, 0.3) is 5.91 Å². The molecule has 0 radical (unpaired) electrons. The van der Waals surface area contributed by atoms with Crippen LogP contribution in [0.2, 0.25) is 5.15 Å². The number of carbonyl (C=O) groups excluding carboxylic acids is 1. The Morgan fingerprint density at radius 2 is 1.94 bits per heavy atom. The van der Waals surface area contributed by atoms with E-state index in [4.69, 9.17) is 11.6 Å². The van der Waals surface area contributed by atoms with Gasteiger partial charge in [-0.1, -0.05) is 50.6 Å². The largest absolute Gasteiger partial charge is 0.352 e. The van der Waals surface area contributed by atoms with Crippen molar-refractivity contribution in [2.24, 2.45) is 0 Å². The van der Waals surface area contributed by atoms with Crippen LogP contribution in [0.3, 0.4) is 0 Å². The van der Waals surface area contributed by atoms with Crippen molar-refractivity contribution in [2.45, 2.75) is 45.4 Å². The van der Waals surface area contributed by atoms with E-state index in [1.165, 1.54) is 38.3 Å². The summed E-state index contributed by atoms with van der Waals surface area (Å²) in [5.74, 6) is -0.0762. The lowest BCUT2D eigenvalue weighted by Crippen LogP contribution is -2.24. The number of amides is 1. The zero-order valence-electron chi connectivity index (χ0n) is 10.9. The lowest BCUT2D eigenvalue weighted by atomic mass is 10.1. The van der Waals surface area contributed by atoms with Crippen molar-refractivity contribution in [3.8, 4) is 0 Å². The highest BCUT2D eigenvalue weighted by atomic mass is 35.5. The number of halogens is 1. The van der Waals surface area contributed by atoms with Crippen LogP contribution in [0.25, 0.3) is 0 Å². The second-order valence-electron chi connectivity index (χ2n) is 4.39. The Hall–Kier alpha value is -1.09. The van der Waals surface area contributed by atoms with Gasteiger partial charge in [-0.25, -0.2) is 4.98 Å². The molecule has 1 rings (SSSR count). The standard InChI is InChI=1S/C14H21ClN2O/c1-2-3-4-5-6-7-10-16-14(18)12-8-9-13(15)17-11-12/h8-9,11H,2-7,10H2,1H3,(H,16,18). The fraction of sp³-hybridized carbons (Fsp3) is 0.571. The Labute approximate surface area is 114 Å². The van der Waals surface area contributed by atoms with Crippen molar-refractivity contribution in [3.63, 3.8) is 0 Å². The SMILES string of the molecule is CCCCCCCCNC(=O)c1ccc(Cl)nc1. The van der Waals surface area contributed by atoms with Gasteiger partial charge < -0.3 is 5.32 Å². The first-order chi connectivity index (χ1) is 8.74. The van der Waals surface area contributed by atoms with Crippen molar-refractivity contribution in [1.82, 2.24) is 10.3 Å². The molecule has 0 aliphatic heterocycles. The van der Waals surface area contributed by atoms with Crippen LogP contribution in [0.4, 0.5) is 0 Å². The summed E-state index contributed by atoms with van der Waals surface area (Å²) >= 11 is 5.66. The van der Waals surface area contributed by atoms with Crippen LogP contribution >= 0.6 is 11.6 Å². The average Bonchev–Trinajstić information content (AvgIpc) is 2.38. The topological polar surface area (TPSA) is 42.0 Å². The number of aromatic nitrogens is 1. The lowest BCUT2D eigenvalue weighted by Gasteiger charge is -2.05. The Morgan fingerprint density at radius 3 is 2.61 bits per heavy atom. The molecular formula is C14H21ClN2O. The number of unbranched alkanes of at least 4 members (excludes halogenated alkanes) is 5. The van der Waals surface area contributed by atoms with E-state index in [0.29, 0.717) is 10.7 Å². The lowest BCUT2D eigenvalue weighted by molar-refractivity contribution is 0.0952. The Balaban J connectivity index is 2.12. The predicted molar refractivity (Wildman–Crippen MR) is 75.0 cm³/mol. The van der Waals surface area contributed by atoms with Gasteiger partial charge in [-0.3, -0.25) is 4.79 Å². The number of hydrogen-bond acceptors (Lipinski definition) is 2. The van der Waals surface area contributed by atoms with Crippen molar-refractivity contribution in [3.05, 3.63) is 29.0 Å². The predicted octanol–water partition coefficient (Wildman–Crippen LogP) is 3.83. The molecule has 1 N–H and O–H groups in total. The molecule has 18 heavy (non-hydrogen) atoms. The second-order valence-corrected chi connectivity index (χ2v) is 4.78. The molecule has 1 amide bonds. The normalized spacial score (nSPS) is 10.3. The fourth-order valence-electron chi connectivity index (χ4n) is 1.72. The third-order valence-corrected chi connectivity index (χ3v) is 3.03. The zero-order chi connectivity index (χ0) is 13.2. The van der Waals surface area contributed by atoms with E-state index in [2.05, 4.69) is 17.2 Å². The molecule has 0 saturated carbocycles. The van der Waals surface area contributed by atoms with Gasteiger partial charge in [0.05, 0.1) is 5.56 Å². The van der Waals surface area contributed by atoms with Crippen molar-refractivity contribution in [2.75, 3.05) is 6.54 Å². The summed E-state index contributed by atoms with van der Waals surface area (Å²) < 4.78 is 0. The maximum atomic E-state index is 11.7. The minimum Gasteiger partial charge on any atom is -0.352 e. The summed E-state index contributed by atoms with van der Waals surface area (Å²) in [5, 5.41) is 3.29. The van der Waals surface area contributed by atoms with Crippen LogP contribution in [0.1, 0.15) is 55.8 Å². The van der Waals surface area contributed by atoms with Crippen LogP contribution < -0.4 is 5.32 Å². The molecule has 0 aliphatic rings. The van der Waals surface area contributed by atoms with E-state index < -0.39 is 0 Å². The van der Waals surface area contributed by atoms with Crippen LogP contribution in [0.15, 0.2) is 18.3 Å². The first-order valence-electron chi connectivity index (χ1n) is 6.63. The van der Waals surface area contributed by atoms with Gasteiger partial charge in [0, 0.05) is 12.7 Å². The molecule has 0 atom stereocenters. The molecule has 4 heteroatoms. The maximum Gasteiger partial charge on any atom is 0.252 e. The first-order valence-corrected chi connectivity index (χ1v) is 7.01. The van der Waals surface area contributed by atoms with Crippen LogP contribution in [-0.2, 0) is 0 Å². The Kier molecular flexibility index (Phi) is 7.42. The van der Waals surface area contributed by atoms with Crippen molar-refractivity contribution in [1.29, 1.82) is 0 Å². The van der Waals surface area contributed by atoms with E-state index in [1.54, 1.807) is 12.1 Å². The molecule has 1 aromatic heterocycles. The third kappa shape index (κ3) is 6.01. The molecule has 0 unspecified atom stereocenters. The van der Waals surface area contributed by atoms with Gasteiger partial charge in [0.1, 0.15) is 5.15 Å². The summed E-state index contributed by atoms with van der Waals surface area (Å²) in [6.45, 7) is 2.94. The van der Waals surface area contributed by atoms with Gasteiger partial charge in [0.15, 0.2) is 0 Å².